The third-order valence-corrected chi connectivity index (χ3v) is 3.73. The van der Waals surface area contributed by atoms with Gasteiger partial charge in [-0.15, -0.1) is 0 Å². The van der Waals surface area contributed by atoms with Gasteiger partial charge in [-0.3, -0.25) is 4.79 Å². The molecule has 0 radical (unpaired) electrons. The van der Waals surface area contributed by atoms with Crippen molar-refractivity contribution >= 4 is 0 Å². The molecule has 2 N–H and O–H groups in total. The van der Waals surface area contributed by atoms with Crippen LogP contribution >= 0.6 is 0 Å². The fraction of sp³-hybridized carbons (Fsp3) is 0.750. The van der Waals surface area contributed by atoms with E-state index >= 15 is 0 Å². The topological polar surface area (TPSA) is 57.8 Å². The van der Waals surface area contributed by atoms with Crippen LogP contribution in [0, 0.1) is 13.8 Å². The maximum absolute atomic E-state index is 12.1. The van der Waals surface area contributed by atoms with Crippen molar-refractivity contribution in [1.82, 2.24) is 15.3 Å². The second-order valence-electron chi connectivity index (χ2n) is 5.67. The zero-order valence-corrected chi connectivity index (χ0v) is 13.5. The van der Waals surface area contributed by atoms with Crippen molar-refractivity contribution in [1.29, 1.82) is 0 Å². The maximum Gasteiger partial charge on any atom is 0.255 e. The fourth-order valence-corrected chi connectivity index (χ4v) is 2.79. The van der Waals surface area contributed by atoms with E-state index in [2.05, 4.69) is 36.1 Å². The Kier molecular flexibility index (Phi) is 6.93. The second kappa shape index (κ2) is 8.20. The summed E-state index contributed by atoms with van der Waals surface area (Å²) >= 11 is 0. The molecule has 1 aromatic rings. The standard InChI is InChI=1S/C16H29N3O/c1-6-8-10-14(9-7-2)18-12(4)15-11(3)17-13(5)19-16(15)20/h12,14,18H,6-10H2,1-5H3,(H,17,19,20). The van der Waals surface area contributed by atoms with Gasteiger partial charge in [0.2, 0.25) is 0 Å². The van der Waals surface area contributed by atoms with Crippen LogP contribution in [0.5, 0.6) is 0 Å². The number of rotatable bonds is 8. The predicted octanol–water partition coefficient (Wildman–Crippen LogP) is 3.40. The molecule has 1 heterocycles. The van der Waals surface area contributed by atoms with E-state index in [1.54, 1.807) is 0 Å². The second-order valence-corrected chi connectivity index (χ2v) is 5.67. The van der Waals surface area contributed by atoms with Gasteiger partial charge in [0.15, 0.2) is 0 Å². The van der Waals surface area contributed by atoms with Gasteiger partial charge in [0, 0.05) is 17.8 Å². The van der Waals surface area contributed by atoms with Gasteiger partial charge in [-0.2, -0.15) is 0 Å². The van der Waals surface area contributed by atoms with E-state index in [0.29, 0.717) is 11.9 Å². The van der Waals surface area contributed by atoms with Crippen molar-refractivity contribution in [2.45, 2.75) is 78.8 Å². The molecule has 0 amide bonds. The molecule has 0 aliphatic carbocycles. The molecule has 0 fully saturated rings. The van der Waals surface area contributed by atoms with Crippen LogP contribution in [0.4, 0.5) is 0 Å². The average Bonchev–Trinajstić information content (AvgIpc) is 2.34. The Morgan fingerprint density at radius 2 is 1.90 bits per heavy atom. The van der Waals surface area contributed by atoms with Crippen LogP contribution in [0.15, 0.2) is 4.79 Å². The van der Waals surface area contributed by atoms with Crippen molar-refractivity contribution in [3.63, 3.8) is 0 Å². The first-order valence-corrected chi connectivity index (χ1v) is 7.83. The van der Waals surface area contributed by atoms with Crippen molar-refractivity contribution in [3.8, 4) is 0 Å². The summed E-state index contributed by atoms with van der Waals surface area (Å²) in [6.07, 6.45) is 5.93. The number of unbranched alkanes of at least 4 members (excludes halogenated alkanes) is 1. The highest BCUT2D eigenvalue weighted by atomic mass is 16.1. The third-order valence-electron chi connectivity index (χ3n) is 3.73. The maximum atomic E-state index is 12.1. The quantitative estimate of drug-likeness (QED) is 0.767. The van der Waals surface area contributed by atoms with Gasteiger partial charge in [-0.25, -0.2) is 4.98 Å². The molecular weight excluding hydrogens is 250 g/mol. The molecule has 2 unspecified atom stereocenters. The highest BCUT2D eigenvalue weighted by Gasteiger charge is 2.17. The minimum Gasteiger partial charge on any atom is -0.310 e. The summed E-state index contributed by atoms with van der Waals surface area (Å²) in [6.45, 7) is 10.2. The zero-order chi connectivity index (χ0) is 15.1. The number of nitrogens with one attached hydrogen (secondary N) is 2. The van der Waals surface area contributed by atoms with Gasteiger partial charge in [0.1, 0.15) is 5.82 Å². The first-order chi connectivity index (χ1) is 9.49. The molecule has 0 saturated heterocycles. The lowest BCUT2D eigenvalue weighted by Gasteiger charge is -2.23. The Morgan fingerprint density at radius 1 is 1.20 bits per heavy atom. The van der Waals surface area contributed by atoms with Crippen LogP contribution in [-0.2, 0) is 0 Å². The number of H-pyrrole nitrogens is 1. The number of nitrogens with zero attached hydrogens (tertiary/aromatic N) is 1. The van der Waals surface area contributed by atoms with Gasteiger partial charge >= 0.3 is 0 Å². The average molecular weight is 279 g/mol. The third kappa shape index (κ3) is 4.75. The van der Waals surface area contributed by atoms with Gasteiger partial charge < -0.3 is 10.3 Å². The van der Waals surface area contributed by atoms with Crippen LogP contribution in [0.1, 0.15) is 76.0 Å². The van der Waals surface area contributed by atoms with Crippen molar-refractivity contribution in [2.24, 2.45) is 0 Å². The molecule has 0 aliphatic rings. The van der Waals surface area contributed by atoms with Crippen LogP contribution in [0.25, 0.3) is 0 Å². The van der Waals surface area contributed by atoms with Crippen LogP contribution in [0.2, 0.25) is 0 Å². The van der Waals surface area contributed by atoms with E-state index in [4.69, 9.17) is 0 Å². The minimum absolute atomic E-state index is 0.0132. The monoisotopic (exact) mass is 279 g/mol. The number of aromatic nitrogens is 2. The Morgan fingerprint density at radius 3 is 2.45 bits per heavy atom. The molecule has 2 atom stereocenters. The smallest absolute Gasteiger partial charge is 0.255 e. The summed E-state index contributed by atoms with van der Waals surface area (Å²) < 4.78 is 0. The summed E-state index contributed by atoms with van der Waals surface area (Å²) in [4.78, 5) is 19.3. The highest BCUT2D eigenvalue weighted by molar-refractivity contribution is 5.20. The normalized spacial score (nSPS) is 14.2. The molecule has 0 aromatic carbocycles. The molecule has 0 aliphatic heterocycles. The molecule has 114 valence electrons. The molecule has 0 spiro atoms. The summed E-state index contributed by atoms with van der Waals surface area (Å²) in [5, 5.41) is 3.61. The SMILES string of the molecule is CCCCC(CCC)NC(C)c1c(C)nc(C)[nH]c1=O. The van der Waals surface area contributed by atoms with E-state index in [1.165, 1.54) is 19.3 Å². The number of aryl methyl sites for hydroxylation is 2. The van der Waals surface area contributed by atoms with Crippen molar-refractivity contribution < 1.29 is 0 Å². The molecule has 1 rings (SSSR count). The predicted molar refractivity (Wildman–Crippen MR) is 84.1 cm³/mol. The number of hydrogen-bond acceptors (Lipinski definition) is 3. The number of hydrogen-bond donors (Lipinski definition) is 2. The Labute approximate surface area is 122 Å². The highest BCUT2D eigenvalue weighted by Crippen LogP contribution is 2.15. The zero-order valence-electron chi connectivity index (χ0n) is 13.5. The van der Waals surface area contributed by atoms with E-state index in [-0.39, 0.29) is 11.6 Å². The molecular formula is C16H29N3O. The lowest BCUT2D eigenvalue weighted by atomic mass is 10.0. The Bertz CT molecular complexity index is 467. The lowest BCUT2D eigenvalue weighted by molar-refractivity contribution is 0.393. The van der Waals surface area contributed by atoms with Gasteiger partial charge in [0.05, 0.1) is 5.56 Å². The van der Waals surface area contributed by atoms with Crippen molar-refractivity contribution in [3.05, 3.63) is 27.4 Å². The molecule has 1 aromatic heterocycles. The molecule has 0 bridgehead atoms. The van der Waals surface area contributed by atoms with E-state index in [1.807, 2.05) is 13.8 Å². The molecule has 0 saturated carbocycles. The van der Waals surface area contributed by atoms with E-state index in [0.717, 1.165) is 24.1 Å². The summed E-state index contributed by atoms with van der Waals surface area (Å²) in [7, 11) is 0. The summed E-state index contributed by atoms with van der Waals surface area (Å²) in [5.74, 6) is 0.680. The Hall–Kier alpha value is -1.16. The fourth-order valence-electron chi connectivity index (χ4n) is 2.79. The van der Waals surface area contributed by atoms with Crippen LogP contribution in [0.3, 0.4) is 0 Å². The number of aromatic amines is 1. The van der Waals surface area contributed by atoms with Gasteiger partial charge in [-0.1, -0.05) is 33.1 Å². The summed E-state index contributed by atoms with van der Waals surface area (Å²) in [5.41, 5.74) is 1.59. The largest absolute Gasteiger partial charge is 0.310 e. The molecule has 20 heavy (non-hydrogen) atoms. The van der Waals surface area contributed by atoms with Gasteiger partial charge in [-0.05, 0) is 33.6 Å². The van der Waals surface area contributed by atoms with Gasteiger partial charge in [0.25, 0.3) is 5.56 Å². The minimum atomic E-state index is -0.0132. The molecule has 4 heteroatoms. The van der Waals surface area contributed by atoms with Crippen molar-refractivity contribution in [2.75, 3.05) is 0 Å². The van der Waals surface area contributed by atoms with Crippen LogP contribution < -0.4 is 10.9 Å². The van der Waals surface area contributed by atoms with Crippen LogP contribution in [-0.4, -0.2) is 16.0 Å². The first kappa shape index (κ1) is 16.9. The van der Waals surface area contributed by atoms with E-state index in [9.17, 15) is 4.79 Å². The summed E-state index contributed by atoms with van der Waals surface area (Å²) in [6, 6.07) is 0.523. The van der Waals surface area contributed by atoms with E-state index < -0.39 is 0 Å². The lowest BCUT2D eigenvalue weighted by Crippen LogP contribution is -2.35. The Balaban J connectivity index is 2.83. The first-order valence-electron chi connectivity index (χ1n) is 7.83. The molecule has 4 nitrogen and oxygen atoms in total.